The number of carbonyl (C=O) groups is 1. The molecule has 8 atom stereocenters. The molecular weight excluding hydrogens is 340 g/mol. The quantitative estimate of drug-likeness (QED) is 0.473. The van der Waals surface area contributed by atoms with Gasteiger partial charge in [0.25, 0.3) is 0 Å². The smallest absolute Gasteiger partial charge is 0.133 e. The van der Waals surface area contributed by atoms with Crippen LogP contribution in [-0.2, 0) is 4.79 Å². The number of carbonyl (C=O) groups excluding carboxylic acids is 1. The van der Waals surface area contributed by atoms with E-state index in [9.17, 15) is 4.79 Å². The highest BCUT2D eigenvalue weighted by atomic mass is 16.1. The topological polar surface area (TPSA) is 17.1 Å². The summed E-state index contributed by atoms with van der Waals surface area (Å²) in [6.07, 6.45) is 15.9. The lowest BCUT2D eigenvalue weighted by Gasteiger charge is -2.60. The van der Waals surface area contributed by atoms with Gasteiger partial charge in [-0.2, -0.15) is 0 Å². The molecule has 0 aromatic carbocycles. The molecule has 0 radical (unpaired) electrons. The zero-order chi connectivity index (χ0) is 20.1. The third-order valence-corrected chi connectivity index (χ3v) is 10.7. The van der Waals surface area contributed by atoms with Crippen molar-refractivity contribution in [1.82, 2.24) is 0 Å². The first kappa shape index (κ1) is 20.9. The lowest BCUT2D eigenvalue weighted by atomic mass is 9.44. The Kier molecular flexibility index (Phi) is 5.78. The Labute approximate surface area is 174 Å². The fraction of sp³-hybridized carbons (Fsp3) is 0.963. The number of fused-ring (bicyclic) bond motifs is 5. The molecule has 0 amide bonds. The molecule has 0 saturated heterocycles. The molecule has 0 N–H and O–H groups in total. The van der Waals surface area contributed by atoms with Crippen molar-refractivity contribution in [2.24, 2.45) is 52.3 Å². The van der Waals surface area contributed by atoms with Gasteiger partial charge in [-0.1, -0.05) is 53.9 Å². The van der Waals surface area contributed by atoms with E-state index in [4.69, 9.17) is 0 Å². The first-order valence-electron chi connectivity index (χ1n) is 12.8. The molecule has 4 aliphatic carbocycles. The summed E-state index contributed by atoms with van der Waals surface area (Å²) >= 11 is 0. The molecule has 0 spiro atoms. The molecular formula is C27H46O. The zero-order valence-electron chi connectivity index (χ0n) is 19.4. The van der Waals surface area contributed by atoms with E-state index in [0.29, 0.717) is 22.5 Å². The second kappa shape index (κ2) is 7.73. The van der Waals surface area contributed by atoms with Gasteiger partial charge in [-0.25, -0.2) is 0 Å². The molecule has 28 heavy (non-hydrogen) atoms. The zero-order valence-corrected chi connectivity index (χ0v) is 19.4. The van der Waals surface area contributed by atoms with Gasteiger partial charge in [0.2, 0.25) is 0 Å². The highest BCUT2D eigenvalue weighted by Gasteiger charge is 2.60. The molecule has 4 saturated carbocycles. The fourth-order valence-electron chi connectivity index (χ4n) is 9.07. The largest absolute Gasteiger partial charge is 0.300 e. The van der Waals surface area contributed by atoms with Crippen molar-refractivity contribution in [3.05, 3.63) is 0 Å². The van der Waals surface area contributed by atoms with Gasteiger partial charge in [0.05, 0.1) is 0 Å². The van der Waals surface area contributed by atoms with Gasteiger partial charge in [-0.15, -0.1) is 0 Å². The monoisotopic (exact) mass is 386 g/mol. The van der Waals surface area contributed by atoms with Gasteiger partial charge in [-0.3, -0.25) is 4.79 Å². The normalized spacial score (nSPS) is 46.8. The Balaban J connectivity index is 1.47. The van der Waals surface area contributed by atoms with Crippen molar-refractivity contribution in [2.75, 3.05) is 0 Å². The molecule has 4 rings (SSSR count). The van der Waals surface area contributed by atoms with Crippen LogP contribution >= 0.6 is 0 Å². The molecule has 0 aromatic heterocycles. The minimum atomic E-state index is 0.471. The summed E-state index contributed by atoms with van der Waals surface area (Å²) in [5.74, 6) is 6.82. The van der Waals surface area contributed by atoms with Crippen molar-refractivity contribution >= 4 is 5.78 Å². The third-order valence-electron chi connectivity index (χ3n) is 10.7. The van der Waals surface area contributed by atoms with E-state index in [1.165, 1.54) is 64.2 Å². The van der Waals surface area contributed by atoms with Gasteiger partial charge in [0.1, 0.15) is 5.78 Å². The van der Waals surface area contributed by atoms with E-state index < -0.39 is 0 Å². The van der Waals surface area contributed by atoms with Crippen LogP contribution in [0, 0.1) is 52.3 Å². The van der Waals surface area contributed by atoms with E-state index in [-0.39, 0.29) is 0 Å². The van der Waals surface area contributed by atoms with Crippen molar-refractivity contribution < 1.29 is 4.79 Å². The average molecular weight is 387 g/mol. The summed E-state index contributed by atoms with van der Waals surface area (Å²) in [5.41, 5.74) is 1.07. The Morgan fingerprint density at radius 1 is 0.893 bits per heavy atom. The molecule has 0 heterocycles. The number of hydrogen-bond acceptors (Lipinski definition) is 1. The van der Waals surface area contributed by atoms with Gasteiger partial charge in [0.15, 0.2) is 0 Å². The number of rotatable bonds is 5. The minimum Gasteiger partial charge on any atom is -0.300 e. The Bertz CT molecular complexity index is 579. The molecule has 2 unspecified atom stereocenters. The predicted molar refractivity (Wildman–Crippen MR) is 118 cm³/mol. The van der Waals surface area contributed by atoms with E-state index in [0.717, 1.165) is 48.3 Å². The Morgan fingerprint density at radius 2 is 1.64 bits per heavy atom. The summed E-state index contributed by atoms with van der Waals surface area (Å²) in [5, 5.41) is 0. The first-order chi connectivity index (χ1) is 13.3. The maximum atomic E-state index is 12.1. The van der Waals surface area contributed by atoms with E-state index >= 15 is 0 Å². The number of hydrogen-bond donors (Lipinski definition) is 0. The van der Waals surface area contributed by atoms with Gasteiger partial charge >= 0.3 is 0 Å². The second-order valence-corrected chi connectivity index (χ2v) is 12.4. The fourth-order valence-corrected chi connectivity index (χ4v) is 9.07. The maximum Gasteiger partial charge on any atom is 0.133 e. The van der Waals surface area contributed by atoms with Gasteiger partial charge in [-0.05, 0) is 97.2 Å². The van der Waals surface area contributed by atoms with Crippen LogP contribution in [0.2, 0.25) is 0 Å². The van der Waals surface area contributed by atoms with Crippen molar-refractivity contribution in [1.29, 1.82) is 0 Å². The molecule has 0 bridgehead atoms. The van der Waals surface area contributed by atoms with Gasteiger partial charge in [0, 0.05) is 12.8 Å². The average Bonchev–Trinajstić information content (AvgIpc) is 2.99. The SMILES string of the molecule is CC(C)CCC[C@@H](C)C1CC[C@H]2[C@@H]3CCC4CC(=O)CC[C@]4(C)[C@H]3CC[C@]12C. The number of ketones is 1. The molecule has 4 fully saturated rings. The van der Waals surface area contributed by atoms with E-state index in [1.54, 1.807) is 0 Å². The van der Waals surface area contributed by atoms with Crippen molar-refractivity contribution in [2.45, 2.75) is 112 Å². The molecule has 0 aliphatic heterocycles. The maximum absolute atomic E-state index is 12.1. The summed E-state index contributed by atoms with van der Waals surface area (Å²) in [6, 6.07) is 0. The van der Waals surface area contributed by atoms with Crippen molar-refractivity contribution in [3.63, 3.8) is 0 Å². The minimum absolute atomic E-state index is 0.471. The summed E-state index contributed by atoms with van der Waals surface area (Å²) in [4.78, 5) is 12.1. The standard InChI is InChI=1S/C27H46O/c1-18(2)7-6-8-19(3)23-11-12-24-22-10-9-20-17-21(28)13-15-26(20,4)25(22)14-16-27(23,24)5/h18-20,22-25H,6-17H2,1-5H3/t19-,20?,22+,23?,24+,25+,26+,27-/m1/s1. The van der Waals surface area contributed by atoms with E-state index in [1.807, 2.05) is 0 Å². The Hall–Kier alpha value is -0.330. The first-order valence-corrected chi connectivity index (χ1v) is 12.8. The molecule has 4 aliphatic rings. The highest BCUT2D eigenvalue weighted by Crippen LogP contribution is 2.68. The van der Waals surface area contributed by atoms with Crippen LogP contribution in [-0.4, -0.2) is 5.78 Å². The third kappa shape index (κ3) is 3.41. The van der Waals surface area contributed by atoms with Crippen molar-refractivity contribution in [3.8, 4) is 0 Å². The van der Waals surface area contributed by atoms with Gasteiger partial charge < -0.3 is 0 Å². The summed E-state index contributed by atoms with van der Waals surface area (Å²) in [6.45, 7) is 12.6. The summed E-state index contributed by atoms with van der Waals surface area (Å²) in [7, 11) is 0. The van der Waals surface area contributed by atoms with Crippen LogP contribution in [0.1, 0.15) is 112 Å². The van der Waals surface area contributed by atoms with Crippen LogP contribution in [0.25, 0.3) is 0 Å². The molecule has 160 valence electrons. The molecule has 1 nitrogen and oxygen atoms in total. The van der Waals surface area contributed by atoms with Crippen LogP contribution < -0.4 is 0 Å². The lowest BCUT2D eigenvalue weighted by Crippen LogP contribution is -2.53. The summed E-state index contributed by atoms with van der Waals surface area (Å²) < 4.78 is 0. The van der Waals surface area contributed by atoms with Crippen LogP contribution in [0.5, 0.6) is 0 Å². The lowest BCUT2D eigenvalue weighted by molar-refractivity contribution is -0.140. The number of Topliss-reactive ketones (excluding diaryl/α,β-unsaturated/α-hetero) is 1. The van der Waals surface area contributed by atoms with Crippen LogP contribution in [0.3, 0.4) is 0 Å². The highest BCUT2D eigenvalue weighted by molar-refractivity contribution is 5.79. The van der Waals surface area contributed by atoms with Crippen LogP contribution in [0.15, 0.2) is 0 Å². The predicted octanol–water partition coefficient (Wildman–Crippen LogP) is 7.68. The second-order valence-electron chi connectivity index (χ2n) is 12.4. The molecule has 0 aromatic rings. The molecule has 1 heteroatoms. The van der Waals surface area contributed by atoms with E-state index in [2.05, 4.69) is 34.6 Å². The Morgan fingerprint density at radius 3 is 2.39 bits per heavy atom. The van der Waals surface area contributed by atoms with Crippen LogP contribution in [0.4, 0.5) is 0 Å².